The molecule has 2 aromatic carbocycles. The number of hydrogen-bond acceptors (Lipinski definition) is 3. The molecule has 2 atom stereocenters. The summed E-state index contributed by atoms with van der Waals surface area (Å²) >= 11 is 0. The third-order valence-electron chi connectivity index (χ3n) is 6.73. The Morgan fingerprint density at radius 3 is 2.64 bits per heavy atom. The number of unbranched alkanes of at least 4 members (excludes halogenated alkanes) is 1. The molecule has 1 aliphatic rings. The first-order valence-electron chi connectivity index (χ1n) is 12.2. The van der Waals surface area contributed by atoms with Crippen molar-refractivity contribution < 1.29 is 14.0 Å². The minimum atomic E-state index is -0.182. The first kappa shape index (κ1) is 25.0. The topological polar surface area (TPSA) is 37.4 Å². The van der Waals surface area contributed by atoms with E-state index in [1.54, 1.807) is 25.1 Å². The summed E-state index contributed by atoms with van der Waals surface area (Å²) in [4.78, 5) is 26.5. The Labute approximate surface area is 197 Å². The van der Waals surface area contributed by atoms with Crippen molar-refractivity contribution in [2.24, 2.45) is 5.92 Å². The van der Waals surface area contributed by atoms with Gasteiger partial charge in [-0.05, 0) is 80.8 Å². The first-order valence-corrected chi connectivity index (χ1v) is 12.2. The van der Waals surface area contributed by atoms with Crippen molar-refractivity contribution in [3.8, 4) is 0 Å². The molecule has 176 valence electrons. The molecular weight excluding hydrogens is 413 g/mol. The SMILES string of the molecule is C=CCN1CC[C@@H](Cc2ccc(F)cc2)C[C@@H]1CCCCC(=O)Cc1cccc(C(C)=O)c1. The maximum absolute atomic E-state index is 13.2. The van der Waals surface area contributed by atoms with E-state index in [0.29, 0.717) is 30.4 Å². The second-order valence-corrected chi connectivity index (χ2v) is 9.38. The first-order chi connectivity index (χ1) is 15.9. The molecule has 33 heavy (non-hydrogen) atoms. The summed E-state index contributed by atoms with van der Waals surface area (Å²) in [6.45, 7) is 7.43. The zero-order valence-electron chi connectivity index (χ0n) is 19.8. The highest BCUT2D eigenvalue weighted by molar-refractivity contribution is 5.94. The Kier molecular flexibility index (Phi) is 9.56. The molecule has 0 N–H and O–H groups in total. The summed E-state index contributed by atoms with van der Waals surface area (Å²) in [6.07, 6.45) is 9.25. The van der Waals surface area contributed by atoms with Gasteiger partial charge in [-0.25, -0.2) is 4.39 Å². The van der Waals surface area contributed by atoms with Crippen LogP contribution < -0.4 is 0 Å². The zero-order valence-corrected chi connectivity index (χ0v) is 19.8. The Morgan fingerprint density at radius 1 is 1.12 bits per heavy atom. The molecule has 0 aromatic heterocycles. The summed E-state index contributed by atoms with van der Waals surface area (Å²) in [7, 11) is 0. The van der Waals surface area contributed by atoms with Crippen LogP contribution in [-0.4, -0.2) is 35.6 Å². The number of piperidine rings is 1. The van der Waals surface area contributed by atoms with Gasteiger partial charge >= 0.3 is 0 Å². The maximum atomic E-state index is 13.2. The van der Waals surface area contributed by atoms with Crippen LogP contribution in [0.3, 0.4) is 0 Å². The number of hydrogen-bond donors (Lipinski definition) is 0. The van der Waals surface area contributed by atoms with Gasteiger partial charge in [0.05, 0.1) is 0 Å². The van der Waals surface area contributed by atoms with Crippen LogP contribution in [0.15, 0.2) is 61.2 Å². The van der Waals surface area contributed by atoms with Crippen molar-refractivity contribution in [1.82, 2.24) is 4.90 Å². The molecule has 3 nitrogen and oxygen atoms in total. The number of rotatable bonds is 12. The fraction of sp³-hybridized carbons (Fsp3) is 0.448. The summed E-state index contributed by atoms with van der Waals surface area (Å²) in [5.74, 6) is 0.685. The maximum Gasteiger partial charge on any atom is 0.159 e. The van der Waals surface area contributed by atoms with Crippen LogP contribution in [0.5, 0.6) is 0 Å². The minimum absolute atomic E-state index is 0.0265. The Bertz CT molecular complexity index is 937. The lowest BCUT2D eigenvalue weighted by Gasteiger charge is -2.39. The van der Waals surface area contributed by atoms with Crippen LogP contribution in [0.25, 0.3) is 0 Å². The van der Waals surface area contributed by atoms with Crippen LogP contribution in [-0.2, 0) is 17.6 Å². The van der Waals surface area contributed by atoms with E-state index < -0.39 is 0 Å². The van der Waals surface area contributed by atoms with Gasteiger partial charge in [0.1, 0.15) is 11.6 Å². The van der Waals surface area contributed by atoms with Crippen molar-refractivity contribution in [3.63, 3.8) is 0 Å². The van der Waals surface area contributed by atoms with Crippen LogP contribution in [0.2, 0.25) is 0 Å². The molecule has 0 unspecified atom stereocenters. The number of carbonyl (C=O) groups excluding carboxylic acids is 2. The van der Waals surface area contributed by atoms with Crippen LogP contribution in [0.1, 0.15) is 66.9 Å². The number of halogens is 1. The Morgan fingerprint density at radius 2 is 1.91 bits per heavy atom. The highest BCUT2D eigenvalue weighted by Crippen LogP contribution is 2.29. The van der Waals surface area contributed by atoms with Crippen molar-refractivity contribution >= 4 is 11.6 Å². The number of nitrogens with zero attached hydrogens (tertiary/aromatic N) is 1. The average molecular weight is 450 g/mol. The lowest BCUT2D eigenvalue weighted by atomic mass is 9.84. The molecule has 0 bridgehead atoms. The summed E-state index contributed by atoms with van der Waals surface area (Å²) in [5, 5.41) is 0. The van der Waals surface area contributed by atoms with E-state index in [1.165, 1.54) is 5.56 Å². The molecule has 1 fully saturated rings. The largest absolute Gasteiger partial charge is 0.299 e. The third-order valence-corrected chi connectivity index (χ3v) is 6.73. The van der Waals surface area contributed by atoms with Gasteiger partial charge < -0.3 is 0 Å². The summed E-state index contributed by atoms with van der Waals surface area (Å²) < 4.78 is 13.2. The van der Waals surface area contributed by atoms with E-state index in [9.17, 15) is 14.0 Å². The molecule has 0 amide bonds. The van der Waals surface area contributed by atoms with Gasteiger partial charge in [0.15, 0.2) is 5.78 Å². The molecular formula is C29H36FNO2. The monoisotopic (exact) mass is 449 g/mol. The molecule has 4 heteroatoms. The Hall–Kier alpha value is -2.59. The molecule has 0 saturated carbocycles. The normalized spacial score (nSPS) is 18.7. The molecule has 2 aromatic rings. The van der Waals surface area contributed by atoms with E-state index in [2.05, 4.69) is 11.5 Å². The fourth-order valence-corrected chi connectivity index (χ4v) is 4.95. The van der Waals surface area contributed by atoms with E-state index in [0.717, 1.165) is 57.2 Å². The highest BCUT2D eigenvalue weighted by atomic mass is 19.1. The third kappa shape index (κ3) is 8.04. The van der Waals surface area contributed by atoms with Gasteiger partial charge in [0.25, 0.3) is 0 Å². The van der Waals surface area contributed by atoms with E-state index in [-0.39, 0.29) is 17.4 Å². The van der Waals surface area contributed by atoms with Gasteiger partial charge in [-0.2, -0.15) is 0 Å². The van der Waals surface area contributed by atoms with Crippen molar-refractivity contribution in [2.45, 2.75) is 64.3 Å². The predicted octanol–water partition coefficient (Wildman–Crippen LogP) is 6.21. The molecule has 0 aliphatic carbocycles. The van der Waals surface area contributed by atoms with Crippen LogP contribution >= 0.6 is 0 Å². The summed E-state index contributed by atoms with van der Waals surface area (Å²) in [5.41, 5.74) is 2.78. The smallest absolute Gasteiger partial charge is 0.159 e. The lowest BCUT2D eigenvalue weighted by molar-refractivity contribution is -0.118. The molecule has 1 heterocycles. The molecule has 1 aliphatic heterocycles. The number of ketones is 2. The van der Waals surface area contributed by atoms with E-state index in [4.69, 9.17) is 0 Å². The number of carbonyl (C=O) groups is 2. The van der Waals surface area contributed by atoms with Crippen LogP contribution in [0.4, 0.5) is 4.39 Å². The van der Waals surface area contributed by atoms with Gasteiger partial charge in [0.2, 0.25) is 0 Å². The number of likely N-dealkylation sites (tertiary alicyclic amines) is 1. The van der Waals surface area contributed by atoms with Gasteiger partial charge in [-0.3, -0.25) is 14.5 Å². The van der Waals surface area contributed by atoms with Gasteiger partial charge in [0, 0.05) is 31.0 Å². The minimum Gasteiger partial charge on any atom is -0.299 e. The van der Waals surface area contributed by atoms with E-state index >= 15 is 0 Å². The standard InChI is InChI=1S/C29H36FNO2/c1-3-16-31-17-15-25(18-23-11-13-27(30)14-12-23)20-28(31)9-4-5-10-29(33)21-24-7-6-8-26(19-24)22(2)32/h3,6-8,11-14,19,25,28H,1,4-5,9-10,15-18,20-21H2,2H3/t25-,28-/m0/s1. The van der Waals surface area contributed by atoms with Crippen molar-refractivity contribution in [1.29, 1.82) is 0 Å². The number of Topliss-reactive ketones (excluding diaryl/α,β-unsaturated/α-hetero) is 2. The van der Waals surface area contributed by atoms with Crippen molar-refractivity contribution in [3.05, 3.63) is 83.7 Å². The quantitative estimate of drug-likeness (QED) is 0.220. The molecule has 0 radical (unpaired) electrons. The average Bonchev–Trinajstić information content (AvgIpc) is 2.80. The molecule has 3 rings (SSSR count). The van der Waals surface area contributed by atoms with Gasteiger partial charge in [-0.15, -0.1) is 6.58 Å². The molecule has 0 spiro atoms. The van der Waals surface area contributed by atoms with Crippen LogP contribution in [0, 0.1) is 11.7 Å². The summed E-state index contributed by atoms with van der Waals surface area (Å²) in [6, 6.07) is 14.8. The number of benzene rings is 2. The second-order valence-electron chi connectivity index (χ2n) is 9.38. The van der Waals surface area contributed by atoms with E-state index in [1.807, 2.05) is 36.4 Å². The molecule has 1 saturated heterocycles. The zero-order chi connectivity index (χ0) is 23.6. The fourth-order valence-electron chi connectivity index (χ4n) is 4.95. The second kappa shape index (κ2) is 12.6. The van der Waals surface area contributed by atoms with Gasteiger partial charge in [-0.1, -0.05) is 42.8 Å². The lowest BCUT2D eigenvalue weighted by Crippen LogP contribution is -2.43. The van der Waals surface area contributed by atoms with Crippen molar-refractivity contribution in [2.75, 3.05) is 13.1 Å². The Balaban J connectivity index is 1.45. The highest BCUT2D eigenvalue weighted by Gasteiger charge is 2.27. The predicted molar refractivity (Wildman–Crippen MR) is 132 cm³/mol.